The number of rotatable bonds is 4. The van der Waals surface area contributed by atoms with Crippen LogP contribution in [-0.4, -0.2) is 21.8 Å². The lowest BCUT2D eigenvalue weighted by atomic mass is 10.1. The Morgan fingerprint density at radius 2 is 1.88 bits per heavy atom. The third-order valence-corrected chi connectivity index (χ3v) is 4.53. The molecule has 1 heterocycles. The molecule has 2 N–H and O–H groups in total. The first-order valence-corrected chi connectivity index (χ1v) is 8.56. The first-order valence-electron chi connectivity index (χ1n) is 7.81. The zero-order valence-corrected chi connectivity index (χ0v) is 15.2. The summed E-state index contributed by atoms with van der Waals surface area (Å²) in [5.41, 5.74) is 3.60. The molecule has 0 spiro atoms. The minimum Gasteiger partial charge on any atom is -0.267 e. The molecule has 0 saturated heterocycles. The molecule has 0 radical (unpaired) electrons. The van der Waals surface area contributed by atoms with Crippen LogP contribution in [0.25, 0.3) is 10.8 Å². The fourth-order valence-corrected chi connectivity index (χ4v) is 2.78. The number of carbonyl (C=O) groups excluding carboxylic acids is 1. The number of nitrogens with one attached hydrogen (secondary N) is 2. The van der Waals surface area contributed by atoms with Crippen LogP contribution in [0.3, 0.4) is 0 Å². The van der Waals surface area contributed by atoms with E-state index < -0.39 is 5.91 Å². The highest BCUT2D eigenvalue weighted by molar-refractivity contribution is 6.42. The molecular formula is C18H14Cl2N4O2. The summed E-state index contributed by atoms with van der Waals surface area (Å²) in [6, 6.07) is 11.9. The lowest BCUT2D eigenvalue weighted by Gasteiger charge is -2.07. The van der Waals surface area contributed by atoms with Crippen LogP contribution in [0.4, 0.5) is 0 Å². The van der Waals surface area contributed by atoms with Crippen molar-refractivity contribution in [2.75, 3.05) is 0 Å². The number of amides is 1. The van der Waals surface area contributed by atoms with Gasteiger partial charge in [-0.3, -0.25) is 9.59 Å². The first-order chi connectivity index (χ1) is 12.5. The van der Waals surface area contributed by atoms with E-state index in [1.165, 1.54) is 0 Å². The van der Waals surface area contributed by atoms with E-state index in [9.17, 15) is 9.59 Å². The fourth-order valence-electron chi connectivity index (χ4n) is 2.48. The summed E-state index contributed by atoms with van der Waals surface area (Å²) in [6.07, 6.45) is 0.568. The number of aromatic nitrogens is 2. The van der Waals surface area contributed by atoms with Crippen LogP contribution in [0, 0.1) is 0 Å². The topological polar surface area (TPSA) is 87.2 Å². The number of halogens is 2. The number of hydrogen-bond donors (Lipinski definition) is 2. The molecule has 0 bridgehead atoms. The zero-order chi connectivity index (χ0) is 18.7. The number of aromatic amines is 1. The number of H-pyrrole nitrogens is 1. The molecule has 0 aliphatic carbocycles. The van der Waals surface area contributed by atoms with E-state index in [1.54, 1.807) is 42.5 Å². The van der Waals surface area contributed by atoms with Gasteiger partial charge in [-0.05, 0) is 30.2 Å². The lowest BCUT2D eigenvalue weighted by Crippen LogP contribution is -2.24. The number of nitrogens with zero attached hydrogens (tertiary/aromatic N) is 2. The molecule has 3 rings (SSSR count). The van der Waals surface area contributed by atoms with Crippen molar-refractivity contribution in [2.24, 2.45) is 5.10 Å². The standard InChI is InChI=1S/C18H14Cl2N4O2/c1-2-15(10-7-8-13(19)14(20)9-10)21-24-18(26)16-11-5-3-4-6-12(11)17(25)23-22-16/h3-9H,2H2,1H3,(H,23,25)(H,24,26)/b21-15-. The summed E-state index contributed by atoms with van der Waals surface area (Å²) in [7, 11) is 0. The minimum atomic E-state index is -0.525. The fraction of sp³-hybridized carbons (Fsp3) is 0.111. The number of hydrogen-bond acceptors (Lipinski definition) is 4. The molecule has 8 heteroatoms. The highest BCUT2D eigenvalue weighted by Crippen LogP contribution is 2.23. The maximum atomic E-state index is 12.5. The molecule has 0 aliphatic heterocycles. The number of benzene rings is 2. The quantitative estimate of drug-likeness (QED) is 0.526. The molecule has 0 atom stereocenters. The molecule has 0 aliphatic rings. The third-order valence-electron chi connectivity index (χ3n) is 3.79. The van der Waals surface area contributed by atoms with E-state index in [4.69, 9.17) is 23.2 Å². The summed E-state index contributed by atoms with van der Waals surface area (Å²) in [5, 5.41) is 12.0. The maximum absolute atomic E-state index is 12.5. The van der Waals surface area contributed by atoms with Crippen LogP contribution in [-0.2, 0) is 0 Å². The summed E-state index contributed by atoms with van der Waals surface area (Å²) in [4.78, 5) is 24.3. The number of carbonyl (C=O) groups is 1. The van der Waals surface area contributed by atoms with Crippen LogP contribution in [0.5, 0.6) is 0 Å². The molecule has 1 amide bonds. The Morgan fingerprint density at radius 3 is 2.58 bits per heavy atom. The van der Waals surface area contributed by atoms with Crippen LogP contribution in [0.15, 0.2) is 52.4 Å². The average Bonchev–Trinajstić information content (AvgIpc) is 2.65. The molecule has 0 unspecified atom stereocenters. The second-order valence-corrected chi connectivity index (χ2v) is 6.24. The van der Waals surface area contributed by atoms with Gasteiger partial charge < -0.3 is 0 Å². The van der Waals surface area contributed by atoms with Gasteiger partial charge in [0.05, 0.1) is 21.1 Å². The van der Waals surface area contributed by atoms with Gasteiger partial charge in [0.15, 0.2) is 5.69 Å². The first kappa shape index (κ1) is 18.1. The van der Waals surface area contributed by atoms with Crippen LogP contribution < -0.4 is 11.0 Å². The van der Waals surface area contributed by atoms with Crippen LogP contribution >= 0.6 is 23.2 Å². The van der Waals surface area contributed by atoms with E-state index >= 15 is 0 Å². The second kappa shape index (κ2) is 7.68. The van der Waals surface area contributed by atoms with Gasteiger partial charge >= 0.3 is 0 Å². The summed E-state index contributed by atoms with van der Waals surface area (Å²) in [6.45, 7) is 1.90. The van der Waals surface area contributed by atoms with E-state index in [-0.39, 0.29) is 11.3 Å². The summed E-state index contributed by atoms with van der Waals surface area (Å²) < 4.78 is 0. The van der Waals surface area contributed by atoms with Gasteiger partial charge in [0.2, 0.25) is 0 Å². The minimum absolute atomic E-state index is 0.0912. The maximum Gasteiger partial charge on any atom is 0.292 e. The highest BCUT2D eigenvalue weighted by Gasteiger charge is 2.14. The second-order valence-electron chi connectivity index (χ2n) is 5.43. The Labute approximate surface area is 158 Å². The van der Waals surface area contributed by atoms with Crippen molar-refractivity contribution in [1.29, 1.82) is 0 Å². The van der Waals surface area contributed by atoms with Crippen LogP contribution in [0.2, 0.25) is 10.0 Å². The Morgan fingerprint density at radius 1 is 1.15 bits per heavy atom. The van der Waals surface area contributed by atoms with Crippen molar-refractivity contribution in [3.05, 3.63) is 74.1 Å². The lowest BCUT2D eigenvalue weighted by molar-refractivity contribution is 0.0950. The van der Waals surface area contributed by atoms with Gasteiger partial charge in [0.1, 0.15) is 0 Å². The molecule has 2 aromatic carbocycles. The van der Waals surface area contributed by atoms with Crippen LogP contribution in [0.1, 0.15) is 29.4 Å². The Kier molecular flexibility index (Phi) is 5.35. The molecule has 6 nitrogen and oxygen atoms in total. The van der Waals surface area contributed by atoms with E-state index in [0.717, 1.165) is 5.56 Å². The predicted molar refractivity (Wildman–Crippen MR) is 103 cm³/mol. The summed E-state index contributed by atoms with van der Waals surface area (Å²) >= 11 is 12.0. The van der Waals surface area contributed by atoms with Gasteiger partial charge in [-0.15, -0.1) is 0 Å². The zero-order valence-electron chi connectivity index (χ0n) is 13.7. The third kappa shape index (κ3) is 3.61. The monoisotopic (exact) mass is 388 g/mol. The number of fused-ring (bicyclic) bond motifs is 1. The van der Waals surface area contributed by atoms with E-state index in [1.807, 2.05) is 6.92 Å². The van der Waals surface area contributed by atoms with Gasteiger partial charge in [-0.2, -0.15) is 10.2 Å². The molecule has 0 fully saturated rings. The van der Waals surface area contributed by atoms with Crippen molar-refractivity contribution in [3.8, 4) is 0 Å². The van der Waals surface area contributed by atoms with Crippen molar-refractivity contribution in [1.82, 2.24) is 15.6 Å². The Hall–Kier alpha value is -2.70. The van der Waals surface area contributed by atoms with E-state index in [0.29, 0.717) is 33.0 Å². The molecule has 0 saturated carbocycles. The highest BCUT2D eigenvalue weighted by atomic mass is 35.5. The average molecular weight is 389 g/mol. The van der Waals surface area contributed by atoms with Gasteiger partial charge in [0.25, 0.3) is 11.5 Å². The van der Waals surface area contributed by atoms with Crippen molar-refractivity contribution in [3.63, 3.8) is 0 Å². The van der Waals surface area contributed by atoms with E-state index in [2.05, 4.69) is 20.7 Å². The molecular weight excluding hydrogens is 375 g/mol. The smallest absolute Gasteiger partial charge is 0.267 e. The molecule has 1 aromatic heterocycles. The largest absolute Gasteiger partial charge is 0.292 e. The Balaban J connectivity index is 1.92. The van der Waals surface area contributed by atoms with Gasteiger partial charge in [-0.1, -0.05) is 54.4 Å². The normalized spacial score (nSPS) is 11.6. The van der Waals surface area contributed by atoms with Crippen molar-refractivity contribution < 1.29 is 4.79 Å². The van der Waals surface area contributed by atoms with Gasteiger partial charge in [0, 0.05) is 5.39 Å². The predicted octanol–water partition coefficient (Wildman–Crippen LogP) is 3.77. The molecule has 132 valence electrons. The SMILES string of the molecule is CC/C(=N/NC(=O)c1n[nH]c(=O)c2ccccc12)c1ccc(Cl)c(Cl)c1. The number of hydrazone groups is 1. The Bertz CT molecular complexity index is 1080. The molecule has 26 heavy (non-hydrogen) atoms. The molecule has 3 aromatic rings. The van der Waals surface area contributed by atoms with Gasteiger partial charge in [-0.25, -0.2) is 10.5 Å². The van der Waals surface area contributed by atoms with Crippen molar-refractivity contribution >= 4 is 45.6 Å². The van der Waals surface area contributed by atoms with Crippen molar-refractivity contribution in [2.45, 2.75) is 13.3 Å². The summed E-state index contributed by atoms with van der Waals surface area (Å²) in [5.74, 6) is -0.525.